The highest BCUT2D eigenvalue weighted by Crippen LogP contribution is 2.22. The summed E-state index contributed by atoms with van der Waals surface area (Å²) in [6.45, 7) is 7.29. The molecular weight excluding hydrogens is 350 g/mol. The fraction of sp³-hybridized carbons (Fsp3) is 0.556. The van der Waals surface area contributed by atoms with Gasteiger partial charge in [-0.15, -0.1) is 11.3 Å². The molecule has 0 unspecified atom stereocenters. The zero-order valence-corrected chi connectivity index (χ0v) is 16.0. The topological polar surface area (TPSA) is 86.3 Å². The number of rotatable bonds is 6. The van der Waals surface area contributed by atoms with Gasteiger partial charge in [-0.25, -0.2) is 0 Å². The summed E-state index contributed by atoms with van der Waals surface area (Å²) in [4.78, 5) is 21.9. The molecule has 1 aliphatic heterocycles. The summed E-state index contributed by atoms with van der Waals surface area (Å²) >= 11 is 1.60. The number of thiophene rings is 1. The number of hydrogen-bond donors (Lipinski definition) is 0. The molecule has 0 saturated carbocycles. The number of hydrogen-bond acceptors (Lipinski definition) is 7. The van der Waals surface area contributed by atoms with E-state index < -0.39 is 5.41 Å². The maximum Gasteiger partial charge on any atom is 0.242 e. The van der Waals surface area contributed by atoms with Gasteiger partial charge in [-0.2, -0.15) is 10.2 Å². The summed E-state index contributed by atoms with van der Waals surface area (Å²) in [5.74, 6) is 1.24. The van der Waals surface area contributed by atoms with Gasteiger partial charge in [0.25, 0.3) is 0 Å². The molecule has 0 aromatic carbocycles. The average Bonchev–Trinajstić information content (AvgIpc) is 3.33. The van der Waals surface area contributed by atoms with Crippen LogP contribution in [0.2, 0.25) is 0 Å². The predicted molar refractivity (Wildman–Crippen MR) is 98.3 cm³/mol. The van der Waals surface area contributed by atoms with Gasteiger partial charge in [0.1, 0.15) is 5.41 Å². The minimum Gasteiger partial charge on any atom is -0.339 e. The van der Waals surface area contributed by atoms with Crippen molar-refractivity contribution in [3.63, 3.8) is 0 Å². The van der Waals surface area contributed by atoms with E-state index in [1.54, 1.807) is 30.1 Å². The maximum absolute atomic E-state index is 12.3. The number of amides is 1. The van der Waals surface area contributed by atoms with E-state index in [9.17, 15) is 4.79 Å². The summed E-state index contributed by atoms with van der Waals surface area (Å²) in [6, 6.07) is 6.04. The second-order valence-corrected chi connectivity index (χ2v) is 7.91. The van der Waals surface area contributed by atoms with Crippen molar-refractivity contribution < 1.29 is 9.32 Å². The average molecular weight is 373 g/mol. The molecule has 1 amide bonds. The van der Waals surface area contributed by atoms with Gasteiger partial charge in [-0.3, -0.25) is 9.69 Å². The highest BCUT2D eigenvalue weighted by Gasteiger charge is 2.33. The predicted octanol–water partition coefficient (Wildman–Crippen LogP) is 2.42. The third kappa shape index (κ3) is 4.29. The molecule has 0 bridgehead atoms. The van der Waals surface area contributed by atoms with Gasteiger partial charge in [0.05, 0.1) is 10.9 Å². The van der Waals surface area contributed by atoms with Crippen LogP contribution in [0.4, 0.5) is 0 Å². The number of aromatic nitrogens is 2. The second kappa shape index (κ2) is 7.98. The molecule has 3 heterocycles. The lowest BCUT2D eigenvalue weighted by Crippen LogP contribution is -2.52. The fourth-order valence-corrected chi connectivity index (χ4v) is 3.58. The molecule has 26 heavy (non-hydrogen) atoms. The molecule has 7 nitrogen and oxygen atoms in total. The smallest absolute Gasteiger partial charge is 0.242 e. The summed E-state index contributed by atoms with van der Waals surface area (Å²) in [7, 11) is 0. The van der Waals surface area contributed by atoms with E-state index >= 15 is 0 Å². The standard InChI is InChI=1S/C18H23N5O2S/c1-18(2,13-19)17(24)23-10-8-22(9-11-23)7-3-6-15-20-16(21-25-15)14-5-4-12-26-14/h4-5,12H,3,6-11H2,1-2H3. The second-order valence-electron chi connectivity index (χ2n) is 6.96. The van der Waals surface area contributed by atoms with Crippen molar-refractivity contribution in [3.05, 3.63) is 23.4 Å². The Balaban J connectivity index is 1.41. The van der Waals surface area contributed by atoms with E-state index in [0.29, 0.717) is 24.8 Å². The molecular formula is C18H23N5O2S. The lowest BCUT2D eigenvalue weighted by atomic mass is 9.93. The first-order valence-electron chi connectivity index (χ1n) is 8.79. The number of nitrogens with zero attached hydrogens (tertiary/aromatic N) is 5. The quantitative estimate of drug-likeness (QED) is 0.773. The van der Waals surface area contributed by atoms with E-state index in [0.717, 1.165) is 37.4 Å². The molecule has 0 radical (unpaired) electrons. The Bertz CT molecular complexity index is 770. The third-order valence-corrected chi connectivity index (χ3v) is 5.41. The molecule has 3 rings (SSSR count). The van der Waals surface area contributed by atoms with Crippen molar-refractivity contribution in [1.29, 1.82) is 5.26 Å². The van der Waals surface area contributed by atoms with Crippen molar-refractivity contribution in [2.45, 2.75) is 26.7 Å². The number of piperazine rings is 1. The van der Waals surface area contributed by atoms with Crippen LogP contribution in [0.5, 0.6) is 0 Å². The van der Waals surface area contributed by atoms with Crippen LogP contribution >= 0.6 is 11.3 Å². The SMILES string of the molecule is CC(C)(C#N)C(=O)N1CCN(CCCc2nc(-c3cccs3)no2)CC1. The first-order valence-corrected chi connectivity index (χ1v) is 9.67. The Kier molecular flexibility index (Phi) is 5.69. The minimum absolute atomic E-state index is 0.0772. The minimum atomic E-state index is -0.944. The zero-order chi connectivity index (χ0) is 18.6. The van der Waals surface area contributed by atoms with E-state index in [2.05, 4.69) is 21.1 Å². The molecule has 0 atom stereocenters. The maximum atomic E-state index is 12.3. The molecule has 0 N–H and O–H groups in total. The van der Waals surface area contributed by atoms with Crippen molar-refractivity contribution in [3.8, 4) is 16.8 Å². The molecule has 1 saturated heterocycles. The van der Waals surface area contributed by atoms with E-state index in [1.165, 1.54) is 0 Å². The normalized spacial score (nSPS) is 15.8. The zero-order valence-electron chi connectivity index (χ0n) is 15.1. The van der Waals surface area contributed by atoms with Crippen molar-refractivity contribution >= 4 is 17.2 Å². The number of carbonyl (C=O) groups excluding carboxylic acids is 1. The van der Waals surface area contributed by atoms with Crippen LogP contribution in [0.25, 0.3) is 10.7 Å². The molecule has 2 aromatic rings. The molecule has 138 valence electrons. The van der Waals surface area contributed by atoms with Crippen LogP contribution in [0.15, 0.2) is 22.0 Å². The van der Waals surface area contributed by atoms with Crippen LogP contribution in [0, 0.1) is 16.7 Å². The molecule has 1 aliphatic rings. The highest BCUT2D eigenvalue weighted by atomic mass is 32.1. The lowest BCUT2D eigenvalue weighted by Gasteiger charge is -2.36. The molecule has 0 spiro atoms. The van der Waals surface area contributed by atoms with E-state index in [4.69, 9.17) is 9.78 Å². The Morgan fingerprint density at radius 2 is 2.15 bits per heavy atom. The van der Waals surface area contributed by atoms with Crippen LogP contribution < -0.4 is 0 Å². The Labute approximate surface area is 157 Å². The van der Waals surface area contributed by atoms with Gasteiger partial charge in [-0.1, -0.05) is 11.2 Å². The van der Waals surface area contributed by atoms with Gasteiger partial charge in [0, 0.05) is 32.6 Å². The lowest BCUT2D eigenvalue weighted by molar-refractivity contribution is -0.139. The number of carbonyl (C=O) groups is 1. The van der Waals surface area contributed by atoms with Gasteiger partial charge >= 0.3 is 0 Å². The first-order chi connectivity index (χ1) is 12.5. The monoisotopic (exact) mass is 373 g/mol. The van der Waals surface area contributed by atoms with Crippen molar-refractivity contribution in [1.82, 2.24) is 19.9 Å². The van der Waals surface area contributed by atoms with Gasteiger partial charge < -0.3 is 9.42 Å². The van der Waals surface area contributed by atoms with E-state index in [1.807, 2.05) is 17.5 Å². The Hall–Kier alpha value is -2.24. The Morgan fingerprint density at radius 1 is 1.38 bits per heavy atom. The Morgan fingerprint density at radius 3 is 2.81 bits per heavy atom. The van der Waals surface area contributed by atoms with Crippen molar-refractivity contribution in [2.24, 2.45) is 5.41 Å². The van der Waals surface area contributed by atoms with Gasteiger partial charge in [-0.05, 0) is 38.3 Å². The summed E-state index contributed by atoms with van der Waals surface area (Å²) in [5, 5.41) is 15.1. The van der Waals surface area contributed by atoms with Crippen LogP contribution in [-0.4, -0.2) is 58.6 Å². The molecule has 0 aliphatic carbocycles. The largest absolute Gasteiger partial charge is 0.339 e. The van der Waals surface area contributed by atoms with Gasteiger partial charge in [0.2, 0.25) is 17.6 Å². The van der Waals surface area contributed by atoms with Crippen molar-refractivity contribution in [2.75, 3.05) is 32.7 Å². The number of nitriles is 1. The molecule has 1 fully saturated rings. The fourth-order valence-electron chi connectivity index (χ4n) is 2.93. The highest BCUT2D eigenvalue weighted by molar-refractivity contribution is 7.13. The first kappa shape index (κ1) is 18.5. The van der Waals surface area contributed by atoms with Crippen LogP contribution in [0.3, 0.4) is 0 Å². The summed E-state index contributed by atoms with van der Waals surface area (Å²) < 4.78 is 5.32. The third-order valence-electron chi connectivity index (χ3n) is 4.55. The molecule has 8 heteroatoms. The van der Waals surface area contributed by atoms with Crippen LogP contribution in [0.1, 0.15) is 26.2 Å². The van der Waals surface area contributed by atoms with Gasteiger partial charge in [0.15, 0.2) is 0 Å². The summed E-state index contributed by atoms with van der Waals surface area (Å²) in [6.07, 6.45) is 1.68. The van der Waals surface area contributed by atoms with Crippen LogP contribution in [-0.2, 0) is 11.2 Å². The molecule has 2 aromatic heterocycles. The van der Waals surface area contributed by atoms with E-state index in [-0.39, 0.29) is 5.91 Å². The summed E-state index contributed by atoms with van der Waals surface area (Å²) in [5.41, 5.74) is -0.944. The number of aryl methyl sites for hydroxylation is 1.